The summed E-state index contributed by atoms with van der Waals surface area (Å²) in [4.78, 5) is 23.3. The maximum Gasteiger partial charge on any atom is 0.255 e. The number of hydrogen-bond acceptors (Lipinski definition) is 2. The van der Waals surface area contributed by atoms with Gasteiger partial charge in [0.2, 0.25) is 5.91 Å². The van der Waals surface area contributed by atoms with Crippen LogP contribution in [0.25, 0.3) is 0 Å². The molecule has 21 heavy (non-hydrogen) atoms. The average molecular weight is 394 g/mol. The Hall–Kier alpha value is -1.89. The number of anilines is 2. The van der Waals surface area contributed by atoms with E-state index in [0.29, 0.717) is 23.4 Å². The summed E-state index contributed by atoms with van der Waals surface area (Å²) >= 11 is 2.19. The second kappa shape index (κ2) is 7.21. The van der Waals surface area contributed by atoms with Crippen molar-refractivity contribution in [2.45, 2.75) is 13.3 Å². The van der Waals surface area contributed by atoms with Gasteiger partial charge < -0.3 is 10.6 Å². The van der Waals surface area contributed by atoms with Gasteiger partial charge in [-0.1, -0.05) is 6.92 Å². The molecule has 4 nitrogen and oxygen atoms in total. The molecule has 2 rings (SSSR count). The fourth-order valence-electron chi connectivity index (χ4n) is 1.69. The summed E-state index contributed by atoms with van der Waals surface area (Å²) in [5, 5.41) is 5.58. The number of hydrogen-bond donors (Lipinski definition) is 2. The van der Waals surface area contributed by atoms with E-state index in [1.807, 2.05) is 12.1 Å². The molecule has 0 aliphatic heterocycles. The van der Waals surface area contributed by atoms with Crippen LogP contribution >= 0.6 is 22.6 Å². The first kappa shape index (κ1) is 15.5. The normalized spacial score (nSPS) is 10.0. The third-order valence-electron chi connectivity index (χ3n) is 2.85. The van der Waals surface area contributed by atoms with Crippen molar-refractivity contribution in [3.05, 3.63) is 57.7 Å². The van der Waals surface area contributed by atoms with Crippen LogP contribution in [-0.4, -0.2) is 11.8 Å². The molecule has 0 saturated heterocycles. The van der Waals surface area contributed by atoms with Crippen molar-refractivity contribution >= 4 is 45.8 Å². The van der Waals surface area contributed by atoms with E-state index in [0.717, 1.165) is 3.57 Å². The second-order valence-corrected chi connectivity index (χ2v) is 5.69. The molecule has 2 aromatic carbocycles. The van der Waals surface area contributed by atoms with E-state index in [4.69, 9.17) is 0 Å². The van der Waals surface area contributed by atoms with Gasteiger partial charge in [-0.3, -0.25) is 9.59 Å². The third kappa shape index (κ3) is 4.56. The minimum absolute atomic E-state index is 0.0364. The molecule has 0 aliphatic rings. The second-order valence-electron chi connectivity index (χ2n) is 4.44. The Morgan fingerprint density at radius 3 is 1.95 bits per heavy atom. The van der Waals surface area contributed by atoms with Crippen LogP contribution in [0.1, 0.15) is 23.7 Å². The highest BCUT2D eigenvalue weighted by atomic mass is 127. The van der Waals surface area contributed by atoms with Crippen molar-refractivity contribution in [1.29, 1.82) is 0 Å². The average Bonchev–Trinajstić information content (AvgIpc) is 2.49. The van der Waals surface area contributed by atoms with E-state index in [-0.39, 0.29) is 11.8 Å². The van der Waals surface area contributed by atoms with Gasteiger partial charge >= 0.3 is 0 Å². The molecule has 2 aromatic rings. The van der Waals surface area contributed by atoms with E-state index in [1.165, 1.54) is 0 Å². The lowest BCUT2D eigenvalue weighted by Crippen LogP contribution is -2.12. The van der Waals surface area contributed by atoms with Crippen LogP contribution in [0, 0.1) is 3.57 Å². The van der Waals surface area contributed by atoms with Gasteiger partial charge in [0.05, 0.1) is 0 Å². The van der Waals surface area contributed by atoms with Gasteiger partial charge in [-0.05, 0) is 71.1 Å². The Kier molecular flexibility index (Phi) is 5.32. The molecular weight excluding hydrogens is 379 g/mol. The Morgan fingerprint density at radius 1 is 0.905 bits per heavy atom. The molecule has 0 aromatic heterocycles. The molecule has 0 heterocycles. The molecule has 0 fully saturated rings. The van der Waals surface area contributed by atoms with Gasteiger partial charge in [0, 0.05) is 26.9 Å². The quantitative estimate of drug-likeness (QED) is 0.774. The summed E-state index contributed by atoms with van der Waals surface area (Å²) in [5.74, 6) is -0.192. The molecule has 0 aliphatic carbocycles. The van der Waals surface area contributed by atoms with Gasteiger partial charge in [-0.15, -0.1) is 0 Å². The first-order chi connectivity index (χ1) is 10.1. The summed E-state index contributed by atoms with van der Waals surface area (Å²) in [6, 6.07) is 14.4. The van der Waals surface area contributed by atoms with Gasteiger partial charge in [0.15, 0.2) is 0 Å². The Labute approximate surface area is 137 Å². The van der Waals surface area contributed by atoms with Crippen LogP contribution < -0.4 is 10.6 Å². The Balaban J connectivity index is 2.01. The highest BCUT2D eigenvalue weighted by molar-refractivity contribution is 14.1. The van der Waals surface area contributed by atoms with Crippen LogP contribution in [0.15, 0.2) is 48.5 Å². The summed E-state index contributed by atoms with van der Waals surface area (Å²) in [7, 11) is 0. The molecule has 0 spiro atoms. The summed E-state index contributed by atoms with van der Waals surface area (Å²) in [6.07, 6.45) is 0.436. The van der Waals surface area contributed by atoms with Crippen LogP contribution in [0.4, 0.5) is 11.4 Å². The smallest absolute Gasteiger partial charge is 0.255 e. The van der Waals surface area contributed by atoms with Gasteiger partial charge in [0.1, 0.15) is 0 Å². The zero-order valence-electron chi connectivity index (χ0n) is 11.5. The summed E-state index contributed by atoms with van der Waals surface area (Å²) in [5.41, 5.74) is 2.01. The van der Waals surface area contributed by atoms with Crippen molar-refractivity contribution in [3.8, 4) is 0 Å². The zero-order valence-corrected chi connectivity index (χ0v) is 13.7. The maximum atomic E-state index is 12.1. The topological polar surface area (TPSA) is 58.2 Å². The summed E-state index contributed by atoms with van der Waals surface area (Å²) < 4.78 is 1.08. The van der Waals surface area contributed by atoms with Gasteiger partial charge in [-0.2, -0.15) is 0 Å². The predicted octanol–water partition coefficient (Wildman–Crippen LogP) is 3.89. The fraction of sp³-hybridized carbons (Fsp3) is 0.125. The third-order valence-corrected chi connectivity index (χ3v) is 3.57. The van der Waals surface area contributed by atoms with Crippen LogP contribution in [0.3, 0.4) is 0 Å². The van der Waals surface area contributed by atoms with E-state index in [1.54, 1.807) is 43.3 Å². The largest absolute Gasteiger partial charge is 0.326 e. The maximum absolute atomic E-state index is 12.1. The minimum atomic E-state index is -0.156. The van der Waals surface area contributed by atoms with Crippen LogP contribution in [0.5, 0.6) is 0 Å². The summed E-state index contributed by atoms with van der Waals surface area (Å²) in [6.45, 7) is 1.80. The monoisotopic (exact) mass is 394 g/mol. The molecule has 0 atom stereocenters. The van der Waals surface area contributed by atoms with Crippen molar-refractivity contribution < 1.29 is 9.59 Å². The predicted molar refractivity (Wildman–Crippen MR) is 92.5 cm³/mol. The van der Waals surface area contributed by atoms with Crippen LogP contribution in [0.2, 0.25) is 0 Å². The molecular formula is C16H15IN2O2. The number of carbonyl (C=O) groups excluding carboxylic acids is 2. The number of carbonyl (C=O) groups is 2. The first-order valence-corrected chi connectivity index (χ1v) is 7.63. The molecule has 0 radical (unpaired) electrons. The number of benzene rings is 2. The highest BCUT2D eigenvalue weighted by Crippen LogP contribution is 2.15. The fourth-order valence-corrected chi connectivity index (χ4v) is 2.05. The van der Waals surface area contributed by atoms with Crippen molar-refractivity contribution in [1.82, 2.24) is 0 Å². The SMILES string of the molecule is CCC(=O)Nc1ccc(NC(=O)c2ccc(I)cc2)cc1. The standard InChI is InChI=1S/C16H15IN2O2/c1-2-15(20)18-13-7-9-14(10-8-13)19-16(21)11-3-5-12(17)6-4-11/h3-10H,2H2,1H3,(H,18,20)(H,19,21). The van der Waals surface area contributed by atoms with Crippen molar-refractivity contribution in [3.63, 3.8) is 0 Å². The number of amides is 2. The highest BCUT2D eigenvalue weighted by Gasteiger charge is 2.06. The van der Waals surface area contributed by atoms with Crippen molar-refractivity contribution in [2.75, 3.05) is 10.6 Å². The van der Waals surface area contributed by atoms with Crippen molar-refractivity contribution in [2.24, 2.45) is 0 Å². The molecule has 2 N–H and O–H groups in total. The molecule has 0 unspecified atom stereocenters. The van der Waals surface area contributed by atoms with Crippen LogP contribution in [-0.2, 0) is 4.79 Å². The lowest BCUT2D eigenvalue weighted by molar-refractivity contribution is -0.115. The molecule has 108 valence electrons. The van der Waals surface area contributed by atoms with E-state index in [9.17, 15) is 9.59 Å². The molecule has 0 saturated carbocycles. The number of halogens is 1. The molecule has 2 amide bonds. The lowest BCUT2D eigenvalue weighted by atomic mass is 10.2. The number of nitrogens with one attached hydrogen (secondary N) is 2. The minimum Gasteiger partial charge on any atom is -0.326 e. The molecule has 0 bridgehead atoms. The lowest BCUT2D eigenvalue weighted by Gasteiger charge is -2.07. The Morgan fingerprint density at radius 2 is 1.43 bits per heavy atom. The van der Waals surface area contributed by atoms with E-state index >= 15 is 0 Å². The Bertz CT molecular complexity index is 636. The molecule has 5 heteroatoms. The van der Waals surface area contributed by atoms with Gasteiger partial charge in [-0.25, -0.2) is 0 Å². The van der Waals surface area contributed by atoms with E-state index < -0.39 is 0 Å². The van der Waals surface area contributed by atoms with E-state index in [2.05, 4.69) is 33.2 Å². The van der Waals surface area contributed by atoms with Gasteiger partial charge in [0.25, 0.3) is 5.91 Å². The zero-order chi connectivity index (χ0) is 15.2. The number of rotatable bonds is 4. The first-order valence-electron chi connectivity index (χ1n) is 6.55.